The second-order valence-corrected chi connectivity index (χ2v) is 8.42. The van der Waals surface area contributed by atoms with Gasteiger partial charge in [-0.1, -0.05) is 25.3 Å². The zero-order valence-electron chi connectivity index (χ0n) is 18.0. The molecule has 0 bridgehead atoms. The number of hydrogen-bond acceptors (Lipinski definition) is 6. The van der Waals surface area contributed by atoms with Crippen molar-refractivity contribution in [3.05, 3.63) is 51.6 Å². The van der Waals surface area contributed by atoms with Crippen molar-refractivity contribution in [3.63, 3.8) is 0 Å². The lowest BCUT2D eigenvalue weighted by Crippen LogP contribution is -2.49. The van der Waals surface area contributed by atoms with Crippen LogP contribution in [0.3, 0.4) is 0 Å². The second-order valence-electron chi connectivity index (χ2n) is 8.42. The Hall–Kier alpha value is -3.16. The molecular formula is C23H29N5O3. The first kappa shape index (κ1) is 21.1. The van der Waals surface area contributed by atoms with Gasteiger partial charge in [-0.05, 0) is 38.0 Å². The number of nitrogens with zero attached hydrogens (tertiary/aromatic N) is 2. The molecule has 31 heavy (non-hydrogen) atoms. The summed E-state index contributed by atoms with van der Waals surface area (Å²) >= 11 is 0. The van der Waals surface area contributed by atoms with E-state index in [1.165, 1.54) is 6.42 Å². The van der Waals surface area contributed by atoms with Crippen molar-refractivity contribution >= 4 is 17.4 Å². The van der Waals surface area contributed by atoms with Gasteiger partial charge in [0.05, 0.1) is 13.0 Å². The molecule has 1 aliphatic carbocycles. The minimum absolute atomic E-state index is 0.0331. The highest BCUT2D eigenvalue weighted by Crippen LogP contribution is 2.28. The van der Waals surface area contributed by atoms with Crippen LogP contribution in [-0.4, -0.2) is 52.7 Å². The molecule has 1 amide bonds. The number of aromatic nitrogens is 2. The highest BCUT2D eigenvalue weighted by atomic mass is 16.5. The van der Waals surface area contributed by atoms with Crippen LogP contribution in [0.5, 0.6) is 5.75 Å². The summed E-state index contributed by atoms with van der Waals surface area (Å²) in [7, 11) is 1.57. The fourth-order valence-electron chi connectivity index (χ4n) is 4.33. The largest absolute Gasteiger partial charge is 0.497 e. The first-order chi connectivity index (χ1) is 15.0. The van der Waals surface area contributed by atoms with Crippen molar-refractivity contribution in [1.82, 2.24) is 14.9 Å². The number of amides is 1. The molecule has 1 saturated carbocycles. The van der Waals surface area contributed by atoms with Gasteiger partial charge in [0.1, 0.15) is 23.0 Å². The number of anilines is 1. The Morgan fingerprint density at radius 2 is 2.00 bits per heavy atom. The van der Waals surface area contributed by atoms with Crippen LogP contribution in [0.25, 0.3) is 0 Å². The lowest BCUT2D eigenvalue weighted by molar-refractivity contribution is 0.0594. The number of rotatable bonds is 6. The highest BCUT2D eigenvalue weighted by Gasteiger charge is 2.35. The SMILES string of the molecule is COc1cccc(C(=O)N2CC(c3nc(NC4CCCCC4)c(C(C)=N)c(=O)[nH]3)C2)c1. The zero-order valence-corrected chi connectivity index (χ0v) is 18.0. The lowest BCUT2D eigenvalue weighted by Gasteiger charge is -2.38. The van der Waals surface area contributed by atoms with E-state index in [1.807, 2.05) is 0 Å². The second kappa shape index (κ2) is 8.91. The summed E-state index contributed by atoms with van der Waals surface area (Å²) in [5, 5.41) is 11.4. The van der Waals surface area contributed by atoms with Gasteiger partial charge in [-0.15, -0.1) is 0 Å². The Balaban J connectivity index is 1.50. The fourth-order valence-corrected chi connectivity index (χ4v) is 4.33. The molecule has 1 saturated heterocycles. The van der Waals surface area contributed by atoms with Gasteiger partial charge >= 0.3 is 0 Å². The van der Waals surface area contributed by atoms with Crippen LogP contribution in [0.4, 0.5) is 5.82 Å². The fraction of sp³-hybridized carbons (Fsp3) is 0.478. The average molecular weight is 424 g/mol. The topological polar surface area (TPSA) is 111 Å². The van der Waals surface area contributed by atoms with Crippen molar-refractivity contribution in [2.75, 3.05) is 25.5 Å². The smallest absolute Gasteiger partial charge is 0.262 e. The van der Waals surface area contributed by atoms with Crippen LogP contribution in [0, 0.1) is 5.41 Å². The molecular weight excluding hydrogens is 394 g/mol. The van der Waals surface area contributed by atoms with E-state index < -0.39 is 0 Å². The molecule has 1 aromatic carbocycles. The summed E-state index contributed by atoms with van der Waals surface area (Å²) in [6.45, 7) is 2.59. The maximum atomic E-state index is 12.7. The van der Waals surface area contributed by atoms with Crippen molar-refractivity contribution in [2.24, 2.45) is 0 Å². The minimum atomic E-state index is -0.298. The van der Waals surface area contributed by atoms with Gasteiger partial charge in [0.2, 0.25) is 0 Å². The molecule has 0 unspecified atom stereocenters. The molecule has 0 radical (unpaired) electrons. The molecule has 3 N–H and O–H groups in total. The number of H-pyrrole nitrogens is 1. The van der Waals surface area contributed by atoms with Gasteiger partial charge < -0.3 is 25.3 Å². The maximum Gasteiger partial charge on any atom is 0.262 e. The molecule has 2 fully saturated rings. The summed E-state index contributed by atoms with van der Waals surface area (Å²) < 4.78 is 5.20. The average Bonchev–Trinajstić information content (AvgIpc) is 2.73. The molecule has 8 heteroatoms. The summed E-state index contributed by atoms with van der Waals surface area (Å²) in [4.78, 5) is 34.8. The van der Waals surface area contributed by atoms with E-state index in [-0.39, 0.29) is 29.1 Å². The number of aromatic amines is 1. The summed E-state index contributed by atoms with van der Waals surface area (Å²) in [5.41, 5.74) is 0.780. The standard InChI is InChI=1S/C23H29N5O3/c1-14(24)19-21(25-17-8-4-3-5-9-17)26-20(27-22(19)29)16-12-28(13-16)23(30)15-7-6-10-18(11-15)31-2/h6-7,10-11,16-17,24H,3-5,8-9,12-13H2,1-2H3,(H2,25,26,27,29). The number of nitrogens with one attached hydrogen (secondary N) is 3. The highest BCUT2D eigenvalue weighted by molar-refractivity contribution is 6.00. The molecule has 2 aliphatic rings. The van der Waals surface area contributed by atoms with Crippen LogP contribution in [0.15, 0.2) is 29.1 Å². The number of benzene rings is 1. The quantitative estimate of drug-likeness (QED) is 0.618. The molecule has 0 atom stereocenters. The van der Waals surface area contributed by atoms with Crippen LogP contribution < -0.4 is 15.6 Å². The number of methoxy groups -OCH3 is 1. The van der Waals surface area contributed by atoms with E-state index in [0.717, 1.165) is 25.7 Å². The maximum absolute atomic E-state index is 12.7. The Morgan fingerprint density at radius 1 is 1.26 bits per heavy atom. The van der Waals surface area contributed by atoms with E-state index in [4.69, 9.17) is 15.1 Å². The van der Waals surface area contributed by atoms with Crippen LogP contribution in [-0.2, 0) is 0 Å². The Bertz CT molecular complexity index is 1040. The molecule has 8 nitrogen and oxygen atoms in total. The summed E-state index contributed by atoms with van der Waals surface area (Å²) in [6, 6.07) is 7.37. The predicted molar refractivity (Wildman–Crippen MR) is 119 cm³/mol. The molecule has 0 spiro atoms. The molecule has 164 valence electrons. The van der Waals surface area contributed by atoms with Gasteiger partial charge in [0, 0.05) is 30.4 Å². The van der Waals surface area contributed by atoms with Crippen molar-refractivity contribution in [3.8, 4) is 5.75 Å². The molecule has 4 rings (SSSR count). The van der Waals surface area contributed by atoms with Gasteiger partial charge in [-0.2, -0.15) is 0 Å². The minimum Gasteiger partial charge on any atom is -0.497 e. The third-order valence-electron chi connectivity index (χ3n) is 6.13. The first-order valence-electron chi connectivity index (χ1n) is 10.9. The van der Waals surface area contributed by atoms with Gasteiger partial charge in [-0.3, -0.25) is 9.59 Å². The van der Waals surface area contributed by atoms with E-state index >= 15 is 0 Å². The van der Waals surface area contributed by atoms with E-state index in [9.17, 15) is 9.59 Å². The third-order valence-corrected chi connectivity index (χ3v) is 6.13. The van der Waals surface area contributed by atoms with Gasteiger partial charge in [0.25, 0.3) is 11.5 Å². The molecule has 1 aliphatic heterocycles. The van der Waals surface area contributed by atoms with Crippen molar-refractivity contribution in [1.29, 1.82) is 5.41 Å². The van der Waals surface area contributed by atoms with Crippen LogP contribution in [0.1, 0.15) is 66.7 Å². The zero-order chi connectivity index (χ0) is 22.0. The number of ether oxygens (including phenoxy) is 1. The Labute approximate surface area is 181 Å². The predicted octanol–water partition coefficient (Wildman–Crippen LogP) is 3.15. The van der Waals surface area contributed by atoms with Crippen LogP contribution >= 0.6 is 0 Å². The number of carbonyl (C=O) groups excluding carboxylic acids is 1. The normalized spacial score (nSPS) is 17.2. The lowest BCUT2D eigenvalue weighted by atomic mass is 9.95. The number of carbonyl (C=O) groups is 1. The molecule has 1 aromatic heterocycles. The third kappa shape index (κ3) is 4.47. The number of likely N-dealkylation sites (tertiary alicyclic amines) is 1. The summed E-state index contributed by atoms with van der Waals surface area (Å²) in [5.74, 6) is 1.61. The first-order valence-corrected chi connectivity index (χ1v) is 10.9. The molecule has 2 aromatic rings. The number of hydrogen-bond donors (Lipinski definition) is 3. The van der Waals surface area contributed by atoms with Crippen molar-refractivity contribution in [2.45, 2.75) is 51.0 Å². The van der Waals surface area contributed by atoms with Gasteiger partial charge in [-0.25, -0.2) is 4.98 Å². The van der Waals surface area contributed by atoms with E-state index in [1.54, 1.807) is 43.2 Å². The Morgan fingerprint density at radius 3 is 2.68 bits per heavy atom. The van der Waals surface area contributed by atoms with Crippen molar-refractivity contribution < 1.29 is 9.53 Å². The molecule has 2 heterocycles. The summed E-state index contributed by atoms with van der Waals surface area (Å²) in [6.07, 6.45) is 5.66. The van der Waals surface area contributed by atoms with Crippen LogP contribution in [0.2, 0.25) is 0 Å². The van der Waals surface area contributed by atoms with E-state index in [2.05, 4.69) is 10.3 Å². The van der Waals surface area contributed by atoms with Gasteiger partial charge in [0.15, 0.2) is 0 Å². The Kier molecular flexibility index (Phi) is 6.06. The van der Waals surface area contributed by atoms with E-state index in [0.29, 0.717) is 41.6 Å². The monoisotopic (exact) mass is 423 g/mol.